The van der Waals surface area contributed by atoms with E-state index in [-0.39, 0.29) is 5.91 Å². The smallest absolute Gasteiger partial charge is 0.290 e. The van der Waals surface area contributed by atoms with E-state index in [9.17, 15) is 9.90 Å². The largest absolute Gasteiger partial charge is 0.451 e. The number of hydrogen-bond donors (Lipinski definition) is 1. The molecule has 0 saturated carbocycles. The number of aryl methyl sites for hydroxylation is 1. The molecule has 0 aliphatic carbocycles. The van der Waals surface area contributed by atoms with Gasteiger partial charge in [0.2, 0.25) is 0 Å². The first-order valence-electron chi connectivity index (χ1n) is 8.84. The maximum Gasteiger partial charge on any atom is 0.290 e. The van der Waals surface area contributed by atoms with Crippen LogP contribution in [0.15, 0.2) is 28.7 Å². The zero-order valence-corrected chi connectivity index (χ0v) is 15.2. The van der Waals surface area contributed by atoms with Crippen molar-refractivity contribution in [3.63, 3.8) is 0 Å². The Morgan fingerprint density at radius 1 is 1.27 bits per heavy atom. The number of rotatable bonds is 3. The van der Waals surface area contributed by atoms with Crippen molar-refractivity contribution in [3.05, 3.63) is 47.2 Å². The summed E-state index contributed by atoms with van der Waals surface area (Å²) < 4.78 is 7.77. The van der Waals surface area contributed by atoms with Crippen molar-refractivity contribution in [2.45, 2.75) is 45.9 Å². The van der Waals surface area contributed by atoms with E-state index in [1.807, 2.05) is 35.8 Å². The van der Waals surface area contributed by atoms with Gasteiger partial charge in [0.05, 0.1) is 6.54 Å². The van der Waals surface area contributed by atoms with Crippen molar-refractivity contribution >= 4 is 16.9 Å². The lowest BCUT2D eigenvalue weighted by Gasteiger charge is -2.29. The molecular weight excluding hydrogens is 332 g/mol. The summed E-state index contributed by atoms with van der Waals surface area (Å²) in [4.78, 5) is 14.8. The predicted octanol–water partition coefficient (Wildman–Crippen LogP) is 2.47. The molecule has 0 saturated heterocycles. The number of carbonyl (C=O) groups excluding carboxylic acids is 1. The molecule has 7 nitrogen and oxygen atoms in total. The Bertz CT molecular complexity index is 980. The standard InChI is InChI=1S/C19H22N4O3/c1-4-12-13-7-5-6-8-14(13)26-16(12)17(24)22-9-10-23-15(11-22)20-21-18(23)19(2,3)25/h5-8,25H,4,9-11H2,1-3H3. The minimum absolute atomic E-state index is 0.128. The lowest BCUT2D eigenvalue weighted by molar-refractivity contribution is 0.0579. The fraction of sp³-hybridized carbons (Fsp3) is 0.421. The van der Waals surface area contributed by atoms with Gasteiger partial charge in [-0.05, 0) is 26.3 Å². The SMILES string of the molecule is CCc1c(C(=O)N2CCn3c(nnc3C(C)(C)O)C2)oc2ccccc12. The molecule has 3 aromatic rings. The van der Waals surface area contributed by atoms with Gasteiger partial charge in [0, 0.05) is 24.0 Å². The highest BCUT2D eigenvalue weighted by molar-refractivity contribution is 5.99. The lowest BCUT2D eigenvalue weighted by atomic mass is 10.1. The topological polar surface area (TPSA) is 84.4 Å². The molecule has 2 aromatic heterocycles. The van der Waals surface area contributed by atoms with E-state index in [1.54, 1.807) is 18.7 Å². The Morgan fingerprint density at radius 2 is 2.04 bits per heavy atom. The van der Waals surface area contributed by atoms with E-state index < -0.39 is 5.60 Å². The molecule has 4 rings (SSSR count). The minimum atomic E-state index is -1.06. The van der Waals surface area contributed by atoms with Crippen LogP contribution in [0.2, 0.25) is 0 Å². The van der Waals surface area contributed by atoms with E-state index in [0.717, 1.165) is 23.0 Å². The molecule has 3 heterocycles. The summed E-state index contributed by atoms with van der Waals surface area (Å²) in [6, 6.07) is 7.72. The number of fused-ring (bicyclic) bond motifs is 2. The van der Waals surface area contributed by atoms with Crippen LogP contribution in [0.1, 0.15) is 48.5 Å². The van der Waals surface area contributed by atoms with E-state index in [0.29, 0.717) is 37.0 Å². The Kier molecular flexibility index (Phi) is 3.84. The maximum absolute atomic E-state index is 13.1. The van der Waals surface area contributed by atoms with Gasteiger partial charge in [-0.2, -0.15) is 0 Å². The van der Waals surface area contributed by atoms with Gasteiger partial charge in [-0.3, -0.25) is 4.79 Å². The molecule has 0 bridgehead atoms. The fourth-order valence-corrected chi connectivity index (χ4v) is 3.55. The molecule has 26 heavy (non-hydrogen) atoms. The summed E-state index contributed by atoms with van der Waals surface area (Å²) >= 11 is 0. The van der Waals surface area contributed by atoms with Crippen LogP contribution in [0.5, 0.6) is 0 Å². The number of aliphatic hydroxyl groups is 1. The van der Waals surface area contributed by atoms with Gasteiger partial charge in [0.15, 0.2) is 17.4 Å². The first kappa shape index (κ1) is 16.8. The van der Waals surface area contributed by atoms with Crippen LogP contribution in [0.25, 0.3) is 11.0 Å². The second kappa shape index (κ2) is 5.95. The molecular formula is C19H22N4O3. The predicted molar refractivity (Wildman–Crippen MR) is 95.6 cm³/mol. The third kappa shape index (κ3) is 2.59. The minimum Gasteiger partial charge on any atom is -0.451 e. The molecule has 1 aliphatic heterocycles. The highest BCUT2D eigenvalue weighted by Gasteiger charge is 2.32. The first-order valence-corrected chi connectivity index (χ1v) is 8.84. The number of para-hydroxylation sites is 1. The highest BCUT2D eigenvalue weighted by atomic mass is 16.3. The van der Waals surface area contributed by atoms with Crippen molar-refractivity contribution < 1.29 is 14.3 Å². The fourth-order valence-electron chi connectivity index (χ4n) is 3.55. The number of aromatic nitrogens is 3. The maximum atomic E-state index is 13.1. The molecule has 1 aliphatic rings. The van der Waals surface area contributed by atoms with Gasteiger partial charge in [0.25, 0.3) is 5.91 Å². The zero-order chi connectivity index (χ0) is 18.5. The van der Waals surface area contributed by atoms with Crippen molar-refractivity contribution in [2.75, 3.05) is 6.54 Å². The normalized spacial score (nSPS) is 14.7. The number of amides is 1. The number of carbonyl (C=O) groups is 1. The molecule has 0 fully saturated rings. The number of furan rings is 1. The summed E-state index contributed by atoms with van der Waals surface area (Å²) in [5, 5.41) is 19.5. The molecule has 1 amide bonds. The number of nitrogens with zero attached hydrogens (tertiary/aromatic N) is 4. The molecule has 1 aromatic carbocycles. The first-order chi connectivity index (χ1) is 12.4. The Hall–Kier alpha value is -2.67. The van der Waals surface area contributed by atoms with Crippen LogP contribution < -0.4 is 0 Å². The highest BCUT2D eigenvalue weighted by Crippen LogP contribution is 2.29. The molecule has 7 heteroatoms. The van der Waals surface area contributed by atoms with Gasteiger partial charge in [-0.25, -0.2) is 0 Å². The van der Waals surface area contributed by atoms with Gasteiger partial charge in [-0.1, -0.05) is 25.1 Å². The number of hydrogen-bond acceptors (Lipinski definition) is 5. The molecule has 0 unspecified atom stereocenters. The third-order valence-corrected chi connectivity index (χ3v) is 4.83. The number of benzene rings is 1. The molecule has 136 valence electrons. The van der Waals surface area contributed by atoms with Crippen molar-refractivity contribution in [1.29, 1.82) is 0 Å². The van der Waals surface area contributed by atoms with Crippen molar-refractivity contribution in [1.82, 2.24) is 19.7 Å². The summed E-state index contributed by atoms with van der Waals surface area (Å²) in [5.41, 5.74) is 0.609. The summed E-state index contributed by atoms with van der Waals surface area (Å²) in [5.74, 6) is 1.48. The van der Waals surface area contributed by atoms with Crippen LogP contribution in [0, 0.1) is 0 Å². The Morgan fingerprint density at radius 3 is 2.77 bits per heavy atom. The second-order valence-corrected chi connectivity index (χ2v) is 7.14. The Balaban J connectivity index is 1.66. The lowest BCUT2D eigenvalue weighted by Crippen LogP contribution is -2.40. The van der Waals surface area contributed by atoms with Crippen LogP contribution in [0.3, 0.4) is 0 Å². The summed E-state index contributed by atoms with van der Waals surface area (Å²) in [7, 11) is 0. The monoisotopic (exact) mass is 354 g/mol. The molecule has 0 radical (unpaired) electrons. The van der Waals surface area contributed by atoms with E-state index >= 15 is 0 Å². The van der Waals surface area contributed by atoms with Gasteiger partial charge in [0.1, 0.15) is 11.2 Å². The summed E-state index contributed by atoms with van der Waals surface area (Å²) in [6.07, 6.45) is 0.727. The van der Waals surface area contributed by atoms with Crippen LogP contribution >= 0.6 is 0 Å². The Labute approximate surface area is 151 Å². The van der Waals surface area contributed by atoms with Crippen molar-refractivity contribution in [3.8, 4) is 0 Å². The van der Waals surface area contributed by atoms with E-state index in [1.165, 1.54) is 0 Å². The van der Waals surface area contributed by atoms with Gasteiger partial charge < -0.3 is 19.0 Å². The second-order valence-electron chi connectivity index (χ2n) is 7.14. The van der Waals surface area contributed by atoms with Gasteiger partial charge in [-0.15, -0.1) is 10.2 Å². The van der Waals surface area contributed by atoms with Crippen LogP contribution in [-0.4, -0.2) is 37.2 Å². The average Bonchev–Trinajstić information content (AvgIpc) is 3.21. The van der Waals surface area contributed by atoms with E-state index in [2.05, 4.69) is 10.2 Å². The van der Waals surface area contributed by atoms with E-state index in [4.69, 9.17) is 4.42 Å². The van der Waals surface area contributed by atoms with Gasteiger partial charge >= 0.3 is 0 Å². The summed E-state index contributed by atoms with van der Waals surface area (Å²) in [6.45, 7) is 6.81. The van der Waals surface area contributed by atoms with Crippen molar-refractivity contribution in [2.24, 2.45) is 0 Å². The molecule has 0 atom stereocenters. The zero-order valence-electron chi connectivity index (χ0n) is 15.2. The third-order valence-electron chi connectivity index (χ3n) is 4.83. The molecule has 0 spiro atoms. The molecule has 1 N–H and O–H groups in total. The van der Waals surface area contributed by atoms with Crippen LogP contribution in [-0.2, 0) is 25.1 Å². The average molecular weight is 354 g/mol. The van der Waals surface area contributed by atoms with Crippen LogP contribution in [0.4, 0.5) is 0 Å². The quantitative estimate of drug-likeness (QED) is 0.781.